The zero-order chi connectivity index (χ0) is 19.6. The molecule has 1 heterocycles. The third kappa shape index (κ3) is 3.74. The van der Waals surface area contributed by atoms with E-state index in [9.17, 15) is 28.2 Å². The minimum Gasteiger partial charge on any atom is -0.368 e. The van der Waals surface area contributed by atoms with Crippen LogP contribution in [0.4, 0.5) is 15.8 Å². The zero-order valence-electron chi connectivity index (χ0n) is 14.1. The van der Waals surface area contributed by atoms with E-state index in [1.165, 1.54) is 40.7 Å². The van der Waals surface area contributed by atoms with E-state index in [0.717, 1.165) is 6.07 Å². The molecule has 1 fully saturated rings. The molecular weight excluding hydrogens is 375 g/mol. The van der Waals surface area contributed by atoms with Gasteiger partial charge in [0.15, 0.2) is 0 Å². The molecule has 0 radical (unpaired) electrons. The highest BCUT2D eigenvalue weighted by Crippen LogP contribution is 2.27. The van der Waals surface area contributed by atoms with Gasteiger partial charge in [0.1, 0.15) is 11.9 Å². The Labute approximate surface area is 155 Å². The Morgan fingerprint density at radius 3 is 2.41 bits per heavy atom. The van der Waals surface area contributed by atoms with Gasteiger partial charge in [-0.05, 0) is 24.3 Å². The number of halogens is 1. The SMILES string of the molecule is N#Cc1cc([N+](=O)[O-])ccc1N1CCN(S(=O)(=O)c2cccc(F)c2)CC1. The monoisotopic (exact) mass is 390 g/mol. The molecule has 2 aromatic carbocycles. The molecule has 8 nitrogen and oxygen atoms in total. The largest absolute Gasteiger partial charge is 0.368 e. The summed E-state index contributed by atoms with van der Waals surface area (Å²) in [5.74, 6) is -0.626. The van der Waals surface area contributed by atoms with E-state index in [1.54, 1.807) is 4.90 Å². The normalized spacial score (nSPS) is 15.3. The van der Waals surface area contributed by atoms with Crippen molar-refractivity contribution < 1.29 is 17.7 Å². The topological polar surface area (TPSA) is 108 Å². The van der Waals surface area contributed by atoms with Gasteiger partial charge < -0.3 is 4.90 Å². The number of rotatable bonds is 4. The van der Waals surface area contributed by atoms with Gasteiger partial charge >= 0.3 is 0 Å². The number of nitro groups is 1. The molecule has 10 heteroatoms. The first kappa shape index (κ1) is 18.8. The Bertz CT molecular complexity index is 1030. The van der Waals surface area contributed by atoms with Crippen molar-refractivity contribution >= 4 is 21.4 Å². The standard InChI is InChI=1S/C17H15FN4O4S/c18-14-2-1-3-16(11-14)27(25,26)21-8-6-20(7-9-21)17-5-4-15(22(23)24)10-13(17)12-19/h1-5,10-11H,6-9H2. The second kappa shape index (κ2) is 7.30. The van der Waals surface area contributed by atoms with Crippen LogP contribution < -0.4 is 4.90 Å². The molecule has 3 rings (SSSR count). The van der Waals surface area contributed by atoms with Crippen LogP contribution in [0.1, 0.15) is 5.56 Å². The van der Waals surface area contributed by atoms with Gasteiger partial charge in [-0.25, -0.2) is 12.8 Å². The van der Waals surface area contributed by atoms with E-state index >= 15 is 0 Å². The van der Waals surface area contributed by atoms with Gasteiger partial charge in [-0.15, -0.1) is 0 Å². The van der Waals surface area contributed by atoms with E-state index in [0.29, 0.717) is 18.8 Å². The fourth-order valence-electron chi connectivity index (χ4n) is 2.95. The summed E-state index contributed by atoms with van der Waals surface area (Å²) in [6, 6.07) is 10.8. The summed E-state index contributed by atoms with van der Waals surface area (Å²) in [5.41, 5.74) is 0.499. The number of benzene rings is 2. The molecule has 0 bridgehead atoms. The molecule has 0 saturated carbocycles. The fourth-order valence-corrected chi connectivity index (χ4v) is 4.40. The molecule has 0 spiro atoms. The number of hydrogen-bond acceptors (Lipinski definition) is 6. The lowest BCUT2D eigenvalue weighted by atomic mass is 10.1. The number of nitro benzene ring substituents is 1. The Kier molecular flexibility index (Phi) is 5.07. The van der Waals surface area contributed by atoms with Gasteiger partial charge in [-0.3, -0.25) is 10.1 Å². The van der Waals surface area contributed by atoms with Crippen molar-refractivity contribution in [1.82, 2.24) is 4.31 Å². The lowest BCUT2D eigenvalue weighted by Crippen LogP contribution is -2.48. The maximum absolute atomic E-state index is 13.4. The Morgan fingerprint density at radius 1 is 1.11 bits per heavy atom. The van der Waals surface area contributed by atoms with Crippen LogP contribution in [0.5, 0.6) is 0 Å². The van der Waals surface area contributed by atoms with Gasteiger partial charge in [-0.1, -0.05) is 6.07 Å². The van der Waals surface area contributed by atoms with Crippen molar-refractivity contribution in [3.8, 4) is 6.07 Å². The third-order valence-corrected chi connectivity index (χ3v) is 6.22. The molecule has 1 saturated heterocycles. The lowest BCUT2D eigenvalue weighted by Gasteiger charge is -2.35. The van der Waals surface area contributed by atoms with E-state index in [4.69, 9.17) is 0 Å². The lowest BCUT2D eigenvalue weighted by molar-refractivity contribution is -0.384. The van der Waals surface area contributed by atoms with Crippen LogP contribution in [0.2, 0.25) is 0 Å². The molecule has 140 valence electrons. The van der Waals surface area contributed by atoms with Gasteiger partial charge in [0, 0.05) is 38.3 Å². The number of anilines is 1. The second-order valence-electron chi connectivity index (χ2n) is 5.92. The number of sulfonamides is 1. The van der Waals surface area contributed by atoms with E-state index in [-0.39, 0.29) is 29.2 Å². The number of non-ortho nitro benzene ring substituents is 1. The summed E-state index contributed by atoms with van der Waals surface area (Å²) in [6.07, 6.45) is 0. The summed E-state index contributed by atoms with van der Waals surface area (Å²) < 4.78 is 39.9. The van der Waals surface area contributed by atoms with Crippen LogP contribution in [-0.2, 0) is 10.0 Å². The first-order valence-corrected chi connectivity index (χ1v) is 9.46. The van der Waals surface area contributed by atoms with Crippen LogP contribution in [0.25, 0.3) is 0 Å². The van der Waals surface area contributed by atoms with Gasteiger partial charge in [0.25, 0.3) is 5.69 Å². The summed E-state index contributed by atoms with van der Waals surface area (Å²) >= 11 is 0. The van der Waals surface area contributed by atoms with Gasteiger partial charge in [0.05, 0.1) is 21.1 Å². The second-order valence-corrected chi connectivity index (χ2v) is 7.86. The first-order valence-electron chi connectivity index (χ1n) is 8.02. The van der Waals surface area contributed by atoms with E-state index in [2.05, 4.69) is 0 Å². The van der Waals surface area contributed by atoms with Crippen LogP contribution >= 0.6 is 0 Å². The Morgan fingerprint density at radius 2 is 1.81 bits per heavy atom. The van der Waals surface area contributed by atoms with E-state index in [1.807, 2.05) is 6.07 Å². The van der Waals surface area contributed by atoms with Crippen molar-refractivity contribution in [2.75, 3.05) is 31.1 Å². The van der Waals surface area contributed by atoms with Crippen molar-refractivity contribution in [3.05, 3.63) is 64.0 Å². The quantitative estimate of drug-likeness (QED) is 0.584. The number of piperazine rings is 1. The minimum atomic E-state index is -3.81. The van der Waals surface area contributed by atoms with Crippen molar-refractivity contribution in [2.24, 2.45) is 0 Å². The molecule has 0 unspecified atom stereocenters. The van der Waals surface area contributed by atoms with Crippen molar-refractivity contribution in [2.45, 2.75) is 4.90 Å². The molecule has 27 heavy (non-hydrogen) atoms. The van der Waals surface area contributed by atoms with E-state index < -0.39 is 20.8 Å². The molecule has 1 aliphatic heterocycles. The number of nitriles is 1. The number of nitrogens with zero attached hydrogens (tertiary/aromatic N) is 4. The Hall–Kier alpha value is -3.03. The minimum absolute atomic E-state index is 0.107. The van der Waals surface area contributed by atoms with Crippen LogP contribution in [0.15, 0.2) is 47.4 Å². The molecule has 0 N–H and O–H groups in total. The summed E-state index contributed by atoms with van der Waals surface area (Å²) in [4.78, 5) is 12.0. The number of hydrogen-bond donors (Lipinski definition) is 0. The molecule has 1 aliphatic rings. The molecule has 0 aliphatic carbocycles. The molecule has 0 atom stereocenters. The molecular formula is C17H15FN4O4S. The highest BCUT2D eigenvalue weighted by Gasteiger charge is 2.29. The van der Waals surface area contributed by atoms with Crippen LogP contribution in [-0.4, -0.2) is 43.8 Å². The average Bonchev–Trinajstić information content (AvgIpc) is 2.67. The first-order chi connectivity index (χ1) is 12.8. The van der Waals surface area contributed by atoms with Crippen LogP contribution in [0, 0.1) is 27.3 Å². The summed E-state index contributed by atoms with van der Waals surface area (Å²) in [5, 5.41) is 20.1. The third-order valence-electron chi connectivity index (χ3n) is 4.32. The maximum Gasteiger partial charge on any atom is 0.270 e. The molecule has 2 aromatic rings. The Balaban J connectivity index is 1.78. The summed E-state index contributed by atoms with van der Waals surface area (Å²) in [6.45, 7) is 0.920. The smallest absolute Gasteiger partial charge is 0.270 e. The van der Waals surface area contributed by atoms with Gasteiger partial charge in [-0.2, -0.15) is 9.57 Å². The average molecular weight is 390 g/mol. The molecule has 0 aromatic heterocycles. The fraction of sp³-hybridized carbons (Fsp3) is 0.235. The predicted molar refractivity (Wildman–Crippen MR) is 95.2 cm³/mol. The predicted octanol–water partition coefficient (Wildman–Crippen LogP) is 2.12. The maximum atomic E-state index is 13.4. The van der Waals surface area contributed by atoms with Crippen molar-refractivity contribution in [1.29, 1.82) is 5.26 Å². The zero-order valence-corrected chi connectivity index (χ0v) is 14.9. The highest BCUT2D eigenvalue weighted by atomic mass is 32.2. The van der Waals surface area contributed by atoms with Gasteiger partial charge in [0.2, 0.25) is 10.0 Å². The molecule has 0 amide bonds. The highest BCUT2D eigenvalue weighted by molar-refractivity contribution is 7.89. The summed E-state index contributed by atoms with van der Waals surface area (Å²) in [7, 11) is -3.81. The van der Waals surface area contributed by atoms with Crippen LogP contribution in [0.3, 0.4) is 0 Å². The van der Waals surface area contributed by atoms with Crippen molar-refractivity contribution in [3.63, 3.8) is 0 Å².